The van der Waals surface area contributed by atoms with E-state index in [1.54, 1.807) is 4.90 Å². The number of hydrogen-bond donors (Lipinski definition) is 1. The van der Waals surface area contributed by atoms with Crippen LogP contribution in [0.2, 0.25) is 0 Å². The summed E-state index contributed by atoms with van der Waals surface area (Å²) in [5.41, 5.74) is 4.19. The SMILES string of the molecule is CCOC(=O)CCCc1ccc(CN(CCCCCCCC(=O)OC)C(=O)OC(C)(C)C)cc1.CCOC(=O)CCCc1ccc(CNCCCCCCCC(=O)OC)cc1. The number of hydrogen-bond acceptors (Lipinski definition) is 11. The maximum Gasteiger partial charge on any atom is 0.410 e. The summed E-state index contributed by atoms with van der Waals surface area (Å²) in [6.45, 7) is 13.1. The van der Waals surface area contributed by atoms with Gasteiger partial charge >= 0.3 is 30.0 Å². The van der Waals surface area contributed by atoms with E-state index in [4.69, 9.17) is 14.2 Å². The van der Waals surface area contributed by atoms with Crippen LogP contribution in [-0.2, 0) is 68.8 Å². The van der Waals surface area contributed by atoms with Gasteiger partial charge in [0.25, 0.3) is 0 Å². The molecule has 0 radical (unpaired) electrons. The molecule has 0 aliphatic carbocycles. The van der Waals surface area contributed by atoms with Crippen LogP contribution in [0.15, 0.2) is 48.5 Å². The first-order chi connectivity index (χ1) is 29.3. The molecule has 0 aliphatic heterocycles. The van der Waals surface area contributed by atoms with Crippen molar-refractivity contribution < 1.29 is 47.7 Å². The van der Waals surface area contributed by atoms with Crippen LogP contribution in [0.4, 0.5) is 4.79 Å². The van der Waals surface area contributed by atoms with Crippen LogP contribution in [0.5, 0.6) is 0 Å². The molecule has 1 amide bonds. The molecule has 0 saturated heterocycles. The average molecular weight is 855 g/mol. The molecule has 2 aromatic carbocycles. The normalized spacial score (nSPS) is 10.9. The zero-order valence-corrected chi connectivity index (χ0v) is 38.6. The van der Waals surface area contributed by atoms with Crippen molar-refractivity contribution in [1.29, 1.82) is 0 Å². The van der Waals surface area contributed by atoms with Gasteiger partial charge in [0.15, 0.2) is 0 Å². The quantitative estimate of drug-likeness (QED) is 0.0455. The monoisotopic (exact) mass is 855 g/mol. The van der Waals surface area contributed by atoms with Crippen molar-refractivity contribution >= 4 is 30.0 Å². The van der Waals surface area contributed by atoms with Crippen LogP contribution in [-0.4, -0.2) is 81.0 Å². The summed E-state index contributed by atoms with van der Waals surface area (Å²) in [6.07, 6.45) is 15.1. The van der Waals surface area contributed by atoms with E-state index >= 15 is 0 Å². The highest BCUT2D eigenvalue weighted by atomic mass is 16.6. The third kappa shape index (κ3) is 30.3. The summed E-state index contributed by atoms with van der Waals surface area (Å²) in [4.78, 5) is 59.5. The van der Waals surface area contributed by atoms with E-state index in [9.17, 15) is 24.0 Å². The van der Waals surface area contributed by atoms with Crippen LogP contribution in [0.3, 0.4) is 0 Å². The fourth-order valence-electron chi connectivity index (χ4n) is 6.35. The van der Waals surface area contributed by atoms with Gasteiger partial charge in [0.1, 0.15) is 5.60 Å². The molecule has 2 aromatic rings. The number of benzene rings is 2. The molecule has 2 rings (SSSR count). The van der Waals surface area contributed by atoms with Crippen LogP contribution in [0, 0.1) is 0 Å². The topological polar surface area (TPSA) is 147 Å². The summed E-state index contributed by atoms with van der Waals surface area (Å²) in [5.74, 6) is -0.542. The number of nitrogens with zero attached hydrogens (tertiary/aromatic N) is 1. The van der Waals surface area contributed by atoms with Gasteiger partial charge in [0, 0.05) is 45.3 Å². The summed E-state index contributed by atoms with van der Waals surface area (Å²) in [6, 6.07) is 16.8. The van der Waals surface area contributed by atoms with E-state index < -0.39 is 5.60 Å². The van der Waals surface area contributed by atoms with Crippen LogP contribution >= 0.6 is 0 Å². The van der Waals surface area contributed by atoms with Crippen LogP contribution in [0.25, 0.3) is 0 Å². The second-order valence-electron chi connectivity index (χ2n) is 16.2. The largest absolute Gasteiger partial charge is 0.469 e. The Morgan fingerprint density at radius 2 is 0.934 bits per heavy atom. The lowest BCUT2D eigenvalue weighted by molar-refractivity contribution is -0.144. The third-order valence-corrected chi connectivity index (χ3v) is 9.70. The highest BCUT2D eigenvalue weighted by molar-refractivity contribution is 5.70. The molecule has 0 unspecified atom stereocenters. The minimum Gasteiger partial charge on any atom is -0.469 e. The molecule has 0 spiro atoms. The maximum atomic E-state index is 12.8. The van der Waals surface area contributed by atoms with Crippen molar-refractivity contribution in [1.82, 2.24) is 10.2 Å². The van der Waals surface area contributed by atoms with Gasteiger partial charge in [-0.05, 0) is 115 Å². The van der Waals surface area contributed by atoms with Crippen molar-refractivity contribution in [2.45, 2.75) is 169 Å². The van der Waals surface area contributed by atoms with Gasteiger partial charge in [-0.25, -0.2) is 4.79 Å². The molecule has 0 aliphatic rings. The van der Waals surface area contributed by atoms with Crippen LogP contribution < -0.4 is 5.32 Å². The molecule has 0 aromatic heterocycles. The molecule has 1 N–H and O–H groups in total. The Balaban J connectivity index is 0.000000626. The smallest absolute Gasteiger partial charge is 0.410 e. The molecule has 12 heteroatoms. The number of unbranched alkanes of at least 4 members (excludes halogenated alkanes) is 8. The predicted octanol–water partition coefficient (Wildman–Crippen LogP) is 10.00. The van der Waals surface area contributed by atoms with E-state index in [1.165, 1.54) is 38.2 Å². The van der Waals surface area contributed by atoms with E-state index in [0.29, 0.717) is 52.0 Å². The highest BCUT2D eigenvalue weighted by Crippen LogP contribution is 2.17. The van der Waals surface area contributed by atoms with Gasteiger partial charge in [-0.3, -0.25) is 19.2 Å². The summed E-state index contributed by atoms with van der Waals surface area (Å²) < 4.78 is 24.8. The molecular weight excluding hydrogens is 777 g/mol. The average Bonchev–Trinajstić information content (AvgIpc) is 3.23. The number of carbonyl (C=O) groups excluding carboxylic acids is 5. The minimum atomic E-state index is -0.550. The molecule has 12 nitrogen and oxygen atoms in total. The lowest BCUT2D eigenvalue weighted by Crippen LogP contribution is -2.37. The van der Waals surface area contributed by atoms with Gasteiger partial charge in [0.05, 0.1) is 27.4 Å². The summed E-state index contributed by atoms with van der Waals surface area (Å²) >= 11 is 0. The second kappa shape index (κ2) is 34.2. The first kappa shape index (κ1) is 54.6. The Morgan fingerprint density at radius 3 is 1.39 bits per heavy atom. The number of methoxy groups -OCH3 is 2. The van der Waals surface area contributed by atoms with Crippen molar-refractivity contribution in [2.24, 2.45) is 0 Å². The number of aryl methyl sites for hydroxylation is 2. The fraction of sp³-hybridized carbons (Fsp3) is 0.653. The van der Waals surface area contributed by atoms with Crippen molar-refractivity contribution in [3.05, 3.63) is 70.8 Å². The van der Waals surface area contributed by atoms with Crippen molar-refractivity contribution in [3.8, 4) is 0 Å². The maximum absolute atomic E-state index is 12.8. The predicted molar refractivity (Wildman–Crippen MR) is 240 cm³/mol. The highest BCUT2D eigenvalue weighted by Gasteiger charge is 2.22. The molecule has 0 saturated carbocycles. The summed E-state index contributed by atoms with van der Waals surface area (Å²) in [7, 11) is 2.85. The number of ether oxygens (including phenoxy) is 5. The van der Waals surface area contributed by atoms with Gasteiger partial charge in [-0.15, -0.1) is 0 Å². The molecule has 0 bridgehead atoms. The van der Waals surface area contributed by atoms with Crippen molar-refractivity contribution in [3.63, 3.8) is 0 Å². The molecule has 0 atom stereocenters. The molecule has 61 heavy (non-hydrogen) atoms. The lowest BCUT2D eigenvalue weighted by atomic mass is 10.1. The molecular formula is C49H78N2O10. The van der Waals surface area contributed by atoms with Crippen LogP contribution in [0.1, 0.15) is 160 Å². The molecule has 0 heterocycles. The molecule has 0 fully saturated rings. The van der Waals surface area contributed by atoms with Crippen molar-refractivity contribution in [2.75, 3.05) is 40.5 Å². The Morgan fingerprint density at radius 1 is 0.525 bits per heavy atom. The van der Waals surface area contributed by atoms with Gasteiger partial charge in [-0.1, -0.05) is 87.1 Å². The first-order valence-corrected chi connectivity index (χ1v) is 22.6. The zero-order chi connectivity index (χ0) is 45.1. The van der Waals surface area contributed by atoms with E-state index in [-0.39, 0.29) is 30.0 Å². The van der Waals surface area contributed by atoms with Gasteiger partial charge in [-0.2, -0.15) is 0 Å². The number of amides is 1. The van der Waals surface area contributed by atoms with Gasteiger partial charge < -0.3 is 33.9 Å². The zero-order valence-electron chi connectivity index (χ0n) is 38.6. The molecule has 344 valence electrons. The standard InChI is InChI=1S/C27H43NO6.C22H35NO4/c1-6-33-25(30)15-12-13-22-16-18-23(19-17-22)21-28(26(31)34-27(2,3)4)20-11-9-7-8-10-14-24(29)32-5;1-3-27-22(25)12-9-10-19-13-15-20(16-14-19)18-23-17-8-6-4-5-7-11-21(24)26-2/h16-19H,6-15,20-21H2,1-5H3;13-16,23H,3-12,17-18H2,1-2H3. The second-order valence-corrected chi connectivity index (χ2v) is 16.2. The number of esters is 4. The van der Waals surface area contributed by atoms with E-state index in [2.05, 4.69) is 51.2 Å². The number of carbonyl (C=O) groups is 5. The third-order valence-electron chi connectivity index (χ3n) is 9.70. The first-order valence-electron chi connectivity index (χ1n) is 22.6. The Bertz CT molecular complexity index is 1490. The Kier molecular flexibility index (Phi) is 30.6. The van der Waals surface area contributed by atoms with Gasteiger partial charge in [0.2, 0.25) is 0 Å². The summed E-state index contributed by atoms with van der Waals surface area (Å²) in [5, 5.41) is 3.48. The Labute approximate surface area is 367 Å². The fourth-order valence-corrected chi connectivity index (χ4v) is 6.35. The lowest BCUT2D eigenvalue weighted by Gasteiger charge is -2.27. The number of nitrogens with one attached hydrogen (secondary N) is 1. The van der Waals surface area contributed by atoms with E-state index in [0.717, 1.165) is 101 Å². The van der Waals surface area contributed by atoms with E-state index in [1.807, 2.05) is 46.8 Å². The Hall–Kier alpha value is -4.45. The minimum absolute atomic E-state index is 0.109. The number of rotatable bonds is 30.